The van der Waals surface area contributed by atoms with Gasteiger partial charge in [-0.3, -0.25) is 4.79 Å². The molecule has 0 aliphatic rings. The van der Waals surface area contributed by atoms with Gasteiger partial charge in [-0.1, -0.05) is 53.0 Å². The lowest BCUT2D eigenvalue weighted by atomic mass is 10.2. The highest BCUT2D eigenvalue weighted by molar-refractivity contribution is 6.35. The van der Waals surface area contributed by atoms with E-state index in [1.165, 1.54) is 12.3 Å². The maximum Gasteiger partial charge on any atom is 0.287 e. The molecule has 0 unspecified atom stereocenters. The Labute approximate surface area is 192 Å². The van der Waals surface area contributed by atoms with E-state index >= 15 is 0 Å². The van der Waals surface area contributed by atoms with Crippen LogP contribution in [0.3, 0.4) is 0 Å². The average molecular weight is 478 g/mol. The second kappa shape index (κ2) is 9.43. The van der Waals surface area contributed by atoms with E-state index in [1.807, 2.05) is 18.2 Å². The number of aromatic nitrogens is 3. The lowest BCUT2D eigenvalue weighted by Crippen LogP contribution is -2.23. The highest BCUT2D eigenvalue weighted by atomic mass is 35.5. The Morgan fingerprint density at radius 2 is 1.90 bits per heavy atom. The summed E-state index contributed by atoms with van der Waals surface area (Å²) in [6.45, 7) is 0.0240. The lowest BCUT2D eigenvalue weighted by molar-refractivity contribution is 0.0824. The van der Waals surface area contributed by atoms with Crippen molar-refractivity contribution in [3.8, 4) is 17.3 Å². The number of hydrogen-bond donors (Lipinski definition) is 1. The van der Waals surface area contributed by atoms with Crippen LogP contribution in [-0.4, -0.2) is 27.3 Å². The van der Waals surface area contributed by atoms with Crippen molar-refractivity contribution in [2.24, 2.45) is 0 Å². The third kappa shape index (κ3) is 5.02. The molecule has 1 N–H and O–H groups in total. The molecule has 10 heteroatoms. The monoisotopic (exact) mass is 476 g/mol. The number of halogens is 3. The molecule has 4 aromatic rings. The minimum Gasteiger partial charge on any atom is -0.482 e. The minimum absolute atomic E-state index is 0.224. The lowest BCUT2D eigenvalue weighted by Gasteiger charge is -2.10. The first-order chi connectivity index (χ1) is 15.0. The topological polar surface area (TPSA) is 82.2 Å². The molecule has 0 saturated heterocycles. The Morgan fingerprint density at radius 3 is 2.65 bits per heavy atom. The number of hydrogen-bond acceptors (Lipinski definition) is 6. The van der Waals surface area contributed by atoms with E-state index in [0.29, 0.717) is 33.1 Å². The number of furan rings is 1. The third-order valence-electron chi connectivity index (χ3n) is 4.22. The normalized spacial score (nSPS) is 10.8. The van der Waals surface area contributed by atoms with E-state index in [9.17, 15) is 4.79 Å². The molecule has 0 bridgehead atoms. The van der Waals surface area contributed by atoms with Crippen LogP contribution in [0.15, 0.2) is 65.3 Å². The predicted octanol–water partition coefficient (Wildman–Crippen LogP) is 5.83. The first kappa shape index (κ1) is 21.2. The second-order valence-corrected chi connectivity index (χ2v) is 7.60. The summed E-state index contributed by atoms with van der Waals surface area (Å²) in [6.07, 6.45) is 1.50. The van der Waals surface area contributed by atoms with Crippen LogP contribution >= 0.6 is 34.8 Å². The zero-order valence-electron chi connectivity index (χ0n) is 15.9. The summed E-state index contributed by atoms with van der Waals surface area (Å²) in [5.41, 5.74) is 0.843. The zero-order valence-corrected chi connectivity index (χ0v) is 18.2. The molecule has 2 heterocycles. The van der Waals surface area contributed by atoms with Gasteiger partial charge in [-0.15, -0.1) is 5.10 Å². The maximum atomic E-state index is 12.8. The van der Waals surface area contributed by atoms with Gasteiger partial charge in [-0.25, -0.2) is 0 Å². The number of carbonyl (C=O) groups excluding carboxylic acids is 1. The summed E-state index contributed by atoms with van der Waals surface area (Å²) < 4.78 is 12.0. The molecule has 2 aromatic heterocycles. The number of carbonyl (C=O) groups is 1. The zero-order chi connectivity index (χ0) is 21.8. The molecular weight excluding hydrogens is 463 g/mol. The van der Waals surface area contributed by atoms with Crippen LogP contribution in [0.5, 0.6) is 5.75 Å². The van der Waals surface area contributed by atoms with Gasteiger partial charge in [0.1, 0.15) is 5.75 Å². The number of rotatable bonds is 7. The Balaban J connectivity index is 1.55. The summed E-state index contributed by atoms with van der Waals surface area (Å²) in [4.78, 5) is 17.2. The summed E-state index contributed by atoms with van der Waals surface area (Å²) in [6, 6.07) is 15.5. The van der Waals surface area contributed by atoms with E-state index in [2.05, 4.69) is 15.4 Å². The highest BCUT2D eigenvalue weighted by Crippen LogP contribution is 2.27. The largest absolute Gasteiger partial charge is 0.482 e. The van der Waals surface area contributed by atoms with Crippen molar-refractivity contribution >= 4 is 46.7 Å². The van der Waals surface area contributed by atoms with Gasteiger partial charge in [0.15, 0.2) is 12.4 Å². The molecule has 0 saturated carbocycles. The molecule has 4 rings (SSSR count). The van der Waals surface area contributed by atoms with Crippen LogP contribution in [-0.2, 0) is 6.54 Å². The first-order valence-electron chi connectivity index (χ1n) is 9.10. The molecule has 0 atom stereocenters. The Bertz CT molecular complexity index is 1210. The maximum absolute atomic E-state index is 12.8. The first-order valence-corrected chi connectivity index (χ1v) is 10.2. The van der Waals surface area contributed by atoms with Gasteiger partial charge in [-0.05, 0) is 42.0 Å². The molecule has 0 radical (unpaired) electrons. The summed E-state index contributed by atoms with van der Waals surface area (Å²) in [5.74, 6) is 0.773. The van der Waals surface area contributed by atoms with Crippen LogP contribution in [0.25, 0.3) is 11.6 Å². The standard InChI is InChI=1S/C21H15Cl3N4O3/c22-14-7-8-17(16(24)10-14)31-12-19(29)28-21(25-11-13-4-1-2-5-15(13)23)26-20(27-28)18-6-3-9-30-18/h1-10H,11-12H2,(H,25,26,27). The van der Waals surface area contributed by atoms with Gasteiger partial charge in [0.25, 0.3) is 5.91 Å². The van der Waals surface area contributed by atoms with Gasteiger partial charge >= 0.3 is 0 Å². The van der Waals surface area contributed by atoms with E-state index < -0.39 is 5.91 Å². The average Bonchev–Trinajstić information content (AvgIpc) is 3.42. The summed E-state index contributed by atoms with van der Waals surface area (Å²) in [5, 5.41) is 8.72. The van der Waals surface area contributed by atoms with Crippen molar-refractivity contribution in [3.05, 3.63) is 81.5 Å². The van der Waals surface area contributed by atoms with Crippen LogP contribution in [0.1, 0.15) is 10.4 Å². The fraction of sp³-hybridized carbons (Fsp3) is 0.0952. The fourth-order valence-electron chi connectivity index (χ4n) is 2.72. The molecular formula is C21H15Cl3N4O3. The molecule has 2 aromatic carbocycles. The van der Waals surface area contributed by atoms with Crippen LogP contribution < -0.4 is 10.1 Å². The fourth-order valence-corrected chi connectivity index (χ4v) is 3.39. The number of benzene rings is 2. The molecule has 158 valence electrons. The predicted molar refractivity (Wildman–Crippen MR) is 119 cm³/mol. The van der Waals surface area contributed by atoms with Crippen molar-refractivity contribution in [1.29, 1.82) is 0 Å². The quantitative estimate of drug-likeness (QED) is 0.361. The number of nitrogens with zero attached hydrogens (tertiary/aromatic N) is 3. The second-order valence-electron chi connectivity index (χ2n) is 6.35. The summed E-state index contributed by atoms with van der Waals surface area (Å²) in [7, 11) is 0. The number of nitrogens with one attached hydrogen (secondary N) is 1. The van der Waals surface area contributed by atoms with Gasteiger partial charge in [-0.2, -0.15) is 9.67 Å². The molecule has 0 fully saturated rings. The minimum atomic E-state index is -0.460. The van der Waals surface area contributed by atoms with Crippen molar-refractivity contribution in [2.75, 3.05) is 11.9 Å². The van der Waals surface area contributed by atoms with E-state index in [0.717, 1.165) is 10.2 Å². The van der Waals surface area contributed by atoms with Gasteiger partial charge in [0.05, 0.1) is 11.3 Å². The molecule has 0 amide bonds. The molecule has 31 heavy (non-hydrogen) atoms. The Kier molecular flexibility index (Phi) is 6.46. The molecule has 0 aliphatic carbocycles. The molecule has 0 spiro atoms. The van der Waals surface area contributed by atoms with Crippen LogP contribution in [0.4, 0.5) is 5.95 Å². The van der Waals surface area contributed by atoms with Gasteiger partial charge < -0.3 is 14.5 Å². The van der Waals surface area contributed by atoms with E-state index in [-0.39, 0.29) is 18.4 Å². The summed E-state index contributed by atoms with van der Waals surface area (Å²) >= 11 is 18.2. The van der Waals surface area contributed by atoms with E-state index in [1.54, 1.807) is 30.3 Å². The molecule has 7 nitrogen and oxygen atoms in total. The SMILES string of the molecule is O=C(COc1ccc(Cl)cc1Cl)n1nc(-c2ccco2)nc1NCc1ccccc1Cl. The van der Waals surface area contributed by atoms with Crippen LogP contribution in [0.2, 0.25) is 15.1 Å². The van der Waals surface area contributed by atoms with Crippen molar-refractivity contribution in [3.63, 3.8) is 0 Å². The van der Waals surface area contributed by atoms with Crippen LogP contribution in [0, 0.1) is 0 Å². The smallest absolute Gasteiger partial charge is 0.287 e. The van der Waals surface area contributed by atoms with Gasteiger partial charge in [0.2, 0.25) is 11.8 Å². The molecule has 0 aliphatic heterocycles. The highest BCUT2D eigenvalue weighted by Gasteiger charge is 2.19. The van der Waals surface area contributed by atoms with Crippen molar-refractivity contribution in [1.82, 2.24) is 14.8 Å². The van der Waals surface area contributed by atoms with Gasteiger partial charge in [0, 0.05) is 16.6 Å². The number of anilines is 1. The van der Waals surface area contributed by atoms with Crippen molar-refractivity contribution < 1.29 is 13.9 Å². The Hall–Kier alpha value is -3.00. The third-order valence-corrected chi connectivity index (χ3v) is 5.12. The number of ether oxygens (including phenoxy) is 1. The Morgan fingerprint density at radius 1 is 1.06 bits per heavy atom. The van der Waals surface area contributed by atoms with Crippen molar-refractivity contribution in [2.45, 2.75) is 6.54 Å². The van der Waals surface area contributed by atoms with E-state index in [4.69, 9.17) is 44.0 Å².